The summed E-state index contributed by atoms with van der Waals surface area (Å²) in [5.74, 6) is 0.274. The van der Waals surface area contributed by atoms with Gasteiger partial charge in [-0.25, -0.2) is 0 Å². The number of rotatable bonds is 7. The standard InChI is InChI=1S/C12H17BrN2O2/c13-11-6-2-1-5-10(11)9-17-8-4-3-7-12(14)15-16/h1-2,5-6,16H,3-4,7-9H2,(H2,14,15). The molecule has 1 aromatic carbocycles. The molecule has 0 aliphatic carbocycles. The van der Waals surface area contributed by atoms with Crippen LogP contribution >= 0.6 is 15.9 Å². The lowest BCUT2D eigenvalue weighted by Crippen LogP contribution is -2.11. The molecule has 1 aromatic rings. The average Bonchev–Trinajstić information content (AvgIpc) is 2.35. The van der Waals surface area contributed by atoms with Crippen LogP contribution in [0.25, 0.3) is 0 Å². The van der Waals surface area contributed by atoms with E-state index in [9.17, 15) is 0 Å². The number of nitrogens with zero attached hydrogens (tertiary/aromatic N) is 1. The maximum absolute atomic E-state index is 8.34. The Hall–Kier alpha value is -1.07. The Kier molecular flexibility index (Phi) is 6.65. The largest absolute Gasteiger partial charge is 0.409 e. The molecule has 0 aliphatic rings. The van der Waals surface area contributed by atoms with Gasteiger partial charge in [-0.15, -0.1) is 0 Å². The first-order chi connectivity index (χ1) is 8.24. The molecule has 0 heterocycles. The van der Waals surface area contributed by atoms with Crippen molar-refractivity contribution in [1.82, 2.24) is 0 Å². The zero-order valence-electron chi connectivity index (χ0n) is 9.60. The number of ether oxygens (including phenoxy) is 1. The Morgan fingerprint density at radius 1 is 1.35 bits per heavy atom. The predicted octanol–water partition coefficient (Wildman–Crippen LogP) is 2.88. The maximum Gasteiger partial charge on any atom is 0.139 e. The van der Waals surface area contributed by atoms with E-state index in [1.807, 2.05) is 24.3 Å². The highest BCUT2D eigenvalue weighted by molar-refractivity contribution is 9.10. The molecular formula is C12H17BrN2O2. The summed E-state index contributed by atoms with van der Waals surface area (Å²) in [7, 11) is 0. The van der Waals surface area contributed by atoms with Crippen molar-refractivity contribution in [3.63, 3.8) is 0 Å². The number of hydrogen-bond acceptors (Lipinski definition) is 3. The molecule has 5 heteroatoms. The van der Waals surface area contributed by atoms with Crippen LogP contribution in [0.1, 0.15) is 24.8 Å². The van der Waals surface area contributed by atoms with Gasteiger partial charge in [0.1, 0.15) is 5.84 Å². The first kappa shape index (κ1) is 14.0. The van der Waals surface area contributed by atoms with Crippen molar-refractivity contribution in [2.75, 3.05) is 6.61 Å². The van der Waals surface area contributed by atoms with Gasteiger partial charge in [-0.1, -0.05) is 39.3 Å². The summed E-state index contributed by atoms with van der Waals surface area (Å²) in [5, 5.41) is 11.3. The lowest BCUT2D eigenvalue weighted by molar-refractivity contribution is 0.117. The third kappa shape index (κ3) is 5.70. The number of benzene rings is 1. The van der Waals surface area contributed by atoms with Gasteiger partial charge in [0.05, 0.1) is 6.61 Å². The molecule has 0 unspecified atom stereocenters. The van der Waals surface area contributed by atoms with Crippen LogP contribution in [-0.2, 0) is 11.3 Å². The summed E-state index contributed by atoms with van der Waals surface area (Å²) in [6, 6.07) is 7.99. The van der Waals surface area contributed by atoms with E-state index >= 15 is 0 Å². The number of halogens is 1. The third-order valence-corrected chi connectivity index (χ3v) is 3.09. The second kappa shape index (κ2) is 8.08. The van der Waals surface area contributed by atoms with E-state index in [-0.39, 0.29) is 5.84 Å². The Bertz CT molecular complexity index is 369. The number of oxime groups is 1. The van der Waals surface area contributed by atoms with Crippen LogP contribution in [0.15, 0.2) is 33.9 Å². The third-order valence-electron chi connectivity index (χ3n) is 2.32. The quantitative estimate of drug-likeness (QED) is 0.267. The van der Waals surface area contributed by atoms with E-state index in [1.165, 1.54) is 0 Å². The summed E-state index contributed by atoms with van der Waals surface area (Å²) in [6.45, 7) is 1.28. The monoisotopic (exact) mass is 300 g/mol. The lowest BCUT2D eigenvalue weighted by atomic mass is 10.2. The van der Waals surface area contributed by atoms with Gasteiger partial charge in [-0.05, 0) is 24.5 Å². The lowest BCUT2D eigenvalue weighted by Gasteiger charge is -2.06. The maximum atomic E-state index is 8.34. The molecule has 0 fully saturated rings. The molecule has 0 spiro atoms. The Balaban J connectivity index is 2.11. The Morgan fingerprint density at radius 2 is 2.12 bits per heavy atom. The smallest absolute Gasteiger partial charge is 0.139 e. The highest BCUT2D eigenvalue weighted by atomic mass is 79.9. The number of hydrogen-bond donors (Lipinski definition) is 2. The van der Waals surface area contributed by atoms with Gasteiger partial charge in [0.2, 0.25) is 0 Å². The molecule has 0 aliphatic heterocycles. The molecule has 0 amide bonds. The fraction of sp³-hybridized carbons (Fsp3) is 0.417. The SMILES string of the molecule is N/C(CCCCOCc1ccccc1Br)=N/O. The molecule has 1 rings (SSSR count). The molecule has 0 bridgehead atoms. The number of unbranched alkanes of at least 4 members (excludes halogenated alkanes) is 1. The summed E-state index contributed by atoms with van der Waals surface area (Å²) >= 11 is 3.47. The molecule has 17 heavy (non-hydrogen) atoms. The van der Waals surface area contributed by atoms with Gasteiger partial charge in [-0.3, -0.25) is 0 Å². The molecule has 0 saturated heterocycles. The first-order valence-electron chi connectivity index (χ1n) is 5.51. The van der Waals surface area contributed by atoms with E-state index in [1.54, 1.807) is 0 Å². The van der Waals surface area contributed by atoms with Crippen LogP contribution in [-0.4, -0.2) is 17.6 Å². The molecule has 0 atom stereocenters. The highest BCUT2D eigenvalue weighted by Crippen LogP contribution is 2.16. The second-order valence-corrected chi connectivity index (χ2v) is 4.55. The van der Waals surface area contributed by atoms with Gasteiger partial charge in [0.15, 0.2) is 0 Å². The van der Waals surface area contributed by atoms with E-state index < -0.39 is 0 Å². The van der Waals surface area contributed by atoms with Crippen molar-refractivity contribution < 1.29 is 9.94 Å². The van der Waals surface area contributed by atoms with Crippen LogP contribution in [0.3, 0.4) is 0 Å². The average molecular weight is 301 g/mol. The summed E-state index contributed by atoms with van der Waals surface area (Å²) < 4.78 is 6.61. The molecule has 0 radical (unpaired) electrons. The topological polar surface area (TPSA) is 67.8 Å². The number of nitrogens with two attached hydrogens (primary N) is 1. The van der Waals surface area contributed by atoms with Crippen molar-refractivity contribution >= 4 is 21.8 Å². The van der Waals surface area contributed by atoms with E-state index in [4.69, 9.17) is 15.7 Å². The van der Waals surface area contributed by atoms with E-state index in [0.717, 1.165) is 22.9 Å². The van der Waals surface area contributed by atoms with E-state index in [2.05, 4.69) is 21.1 Å². The van der Waals surface area contributed by atoms with Crippen LogP contribution in [0.2, 0.25) is 0 Å². The van der Waals surface area contributed by atoms with Crippen molar-refractivity contribution in [1.29, 1.82) is 0 Å². The van der Waals surface area contributed by atoms with E-state index in [0.29, 0.717) is 19.6 Å². The Morgan fingerprint density at radius 3 is 2.82 bits per heavy atom. The second-order valence-electron chi connectivity index (χ2n) is 3.69. The van der Waals surface area contributed by atoms with Crippen molar-refractivity contribution in [3.05, 3.63) is 34.3 Å². The van der Waals surface area contributed by atoms with Crippen molar-refractivity contribution in [3.8, 4) is 0 Å². The summed E-state index contributed by atoms with van der Waals surface area (Å²) in [6.07, 6.45) is 2.38. The zero-order valence-corrected chi connectivity index (χ0v) is 11.2. The molecule has 0 aromatic heterocycles. The van der Waals surface area contributed by atoms with Crippen LogP contribution < -0.4 is 5.73 Å². The van der Waals surface area contributed by atoms with Gasteiger partial charge in [-0.2, -0.15) is 0 Å². The normalized spacial score (nSPS) is 11.7. The minimum absolute atomic E-state index is 0.274. The number of amidine groups is 1. The van der Waals surface area contributed by atoms with Gasteiger partial charge >= 0.3 is 0 Å². The minimum atomic E-state index is 0.274. The molecule has 3 N–H and O–H groups in total. The molecule has 4 nitrogen and oxygen atoms in total. The summed E-state index contributed by atoms with van der Waals surface area (Å²) in [4.78, 5) is 0. The molecule has 94 valence electrons. The van der Waals surface area contributed by atoms with Crippen molar-refractivity contribution in [2.45, 2.75) is 25.9 Å². The predicted molar refractivity (Wildman–Crippen MR) is 71.1 cm³/mol. The molecular weight excluding hydrogens is 284 g/mol. The van der Waals surface area contributed by atoms with Gasteiger partial charge in [0, 0.05) is 17.5 Å². The zero-order chi connectivity index (χ0) is 12.5. The highest BCUT2D eigenvalue weighted by Gasteiger charge is 1.98. The van der Waals surface area contributed by atoms with Crippen LogP contribution in [0, 0.1) is 0 Å². The molecule has 0 saturated carbocycles. The van der Waals surface area contributed by atoms with Gasteiger partial charge in [0.25, 0.3) is 0 Å². The van der Waals surface area contributed by atoms with Crippen LogP contribution in [0.4, 0.5) is 0 Å². The van der Waals surface area contributed by atoms with Gasteiger partial charge < -0.3 is 15.7 Å². The van der Waals surface area contributed by atoms with Crippen molar-refractivity contribution in [2.24, 2.45) is 10.9 Å². The summed E-state index contributed by atoms with van der Waals surface area (Å²) in [5.41, 5.74) is 6.49. The minimum Gasteiger partial charge on any atom is -0.409 e. The fourth-order valence-electron chi connectivity index (χ4n) is 1.36. The fourth-order valence-corrected chi connectivity index (χ4v) is 1.76. The Labute approximate surface area is 110 Å². The van der Waals surface area contributed by atoms with Crippen LogP contribution in [0.5, 0.6) is 0 Å². The first-order valence-corrected chi connectivity index (χ1v) is 6.31.